The summed E-state index contributed by atoms with van der Waals surface area (Å²) in [4.78, 5) is 14.9. The molecule has 2 aliphatic rings. The van der Waals surface area contributed by atoms with Crippen LogP contribution in [-0.4, -0.2) is 92.7 Å². The van der Waals surface area contributed by atoms with Gasteiger partial charge in [0.1, 0.15) is 40.5 Å². The van der Waals surface area contributed by atoms with Gasteiger partial charge in [0, 0.05) is 29.8 Å². The van der Waals surface area contributed by atoms with Crippen LogP contribution in [0.1, 0.15) is 82.8 Å². The molecule has 0 aliphatic carbocycles. The van der Waals surface area contributed by atoms with E-state index in [1.54, 1.807) is 71.0 Å². The van der Waals surface area contributed by atoms with Gasteiger partial charge in [0.15, 0.2) is 0 Å². The molecule has 0 saturated heterocycles. The number of anilines is 2. The van der Waals surface area contributed by atoms with E-state index < -0.39 is 61.2 Å². The van der Waals surface area contributed by atoms with Crippen molar-refractivity contribution in [2.24, 2.45) is 0 Å². The Morgan fingerprint density at radius 2 is 1.16 bits per heavy atom. The lowest BCUT2D eigenvalue weighted by atomic mass is 9.85. The highest BCUT2D eigenvalue weighted by Gasteiger charge is 2.48. The SMILES string of the molecule is CC(C)(C)OC(=O)N(CCc1ccccc1)[C@H]1c2ccc(NS(C)(=O)=O)cc2OC(C)(C)[C@@H]1O.CC1(C)Oc2cc(NS(C)(=O)=O)ccc2[C@H](NCCc2ccccc2)[C@H]1O. The number of ether oxygens (including phenoxy) is 3. The van der Waals surface area contributed by atoms with Crippen molar-refractivity contribution in [2.45, 2.75) is 102 Å². The van der Waals surface area contributed by atoms with Gasteiger partial charge in [0.2, 0.25) is 20.0 Å². The van der Waals surface area contributed by atoms with Gasteiger partial charge in [-0.15, -0.1) is 0 Å². The van der Waals surface area contributed by atoms with Gasteiger partial charge in [-0.2, -0.15) is 0 Å². The first-order valence-corrected chi connectivity index (χ1v) is 23.9. The molecule has 4 atom stereocenters. The first kappa shape index (κ1) is 47.2. The van der Waals surface area contributed by atoms with Crippen molar-refractivity contribution >= 4 is 37.5 Å². The summed E-state index contributed by atoms with van der Waals surface area (Å²) in [7, 11) is -6.86. The Morgan fingerprint density at radius 3 is 1.66 bits per heavy atom. The third-order valence-electron chi connectivity index (χ3n) is 10.1. The fraction of sp³-hybridized carbons (Fsp3) is 0.444. The molecular formula is C45H60N4O10S2. The third-order valence-corrected chi connectivity index (χ3v) is 11.4. The second kappa shape index (κ2) is 18.6. The van der Waals surface area contributed by atoms with E-state index in [0.29, 0.717) is 47.9 Å². The Kier molecular flexibility index (Phi) is 14.4. The predicted octanol–water partition coefficient (Wildman–Crippen LogP) is 6.57. The number of carbonyl (C=O) groups is 1. The number of sulfonamides is 2. The molecule has 0 saturated carbocycles. The number of hydrogen-bond acceptors (Lipinski definition) is 11. The molecule has 0 unspecified atom stereocenters. The zero-order chi connectivity index (χ0) is 45.0. The Morgan fingerprint density at radius 1 is 0.705 bits per heavy atom. The minimum atomic E-state index is -3.49. The van der Waals surface area contributed by atoms with Crippen molar-refractivity contribution in [1.82, 2.24) is 10.2 Å². The lowest BCUT2D eigenvalue weighted by molar-refractivity contribution is -0.0937. The normalized spacial score (nSPS) is 20.2. The van der Waals surface area contributed by atoms with Crippen molar-refractivity contribution in [3.05, 3.63) is 119 Å². The molecule has 61 heavy (non-hydrogen) atoms. The van der Waals surface area contributed by atoms with E-state index in [2.05, 4.69) is 26.9 Å². The van der Waals surface area contributed by atoms with Gasteiger partial charge in [-0.05, 0) is 91.1 Å². The van der Waals surface area contributed by atoms with Crippen LogP contribution < -0.4 is 24.2 Å². The number of nitrogens with zero attached hydrogens (tertiary/aromatic N) is 1. The summed E-state index contributed by atoms with van der Waals surface area (Å²) in [5.74, 6) is 0.957. The largest absolute Gasteiger partial charge is 0.485 e. The molecule has 0 fully saturated rings. The van der Waals surface area contributed by atoms with Crippen molar-refractivity contribution < 1.29 is 46.1 Å². The molecule has 5 N–H and O–H groups in total. The topological polar surface area (TPSA) is 193 Å². The Labute approximate surface area is 360 Å². The van der Waals surface area contributed by atoms with Gasteiger partial charge in [-0.25, -0.2) is 21.6 Å². The number of hydrogen-bond donors (Lipinski definition) is 5. The van der Waals surface area contributed by atoms with Crippen molar-refractivity contribution in [2.75, 3.05) is 35.0 Å². The minimum absolute atomic E-state index is 0.305. The summed E-state index contributed by atoms with van der Waals surface area (Å²) in [6.45, 7) is 13.5. The highest BCUT2D eigenvalue weighted by molar-refractivity contribution is 7.92. The van der Waals surface area contributed by atoms with E-state index >= 15 is 0 Å². The molecule has 2 heterocycles. The summed E-state index contributed by atoms with van der Waals surface area (Å²) >= 11 is 0. The quantitative estimate of drug-likeness (QED) is 0.103. The van der Waals surface area contributed by atoms with Crippen LogP contribution >= 0.6 is 0 Å². The van der Waals surface area contributed by atoms with E-state index in [1.807, 2.05) is 62.4 Å². The summed E-state index contributed by atoms with van der Waals surface area (Å²) < 4.78 is 69.0. The molecule has 0 bridgehead atoms. The van der Waals surface area contributed by atoms with Crippen LogP contribution in [-0.2, 0) is 37.6 Å². The monoisotopic (exact) mass is 880 g/mol. The maximum absolute atomic E-state index is 13.4. The molecule has 6 rings (SSSR count). The van der Waals surface area contributed by atoms with Gasteiger partial charge in [0.25, 0.3) is 0 Å². The highest BCUT2D eigenvalue weighted by atomic mass is 32.2. The molecule has 4 aromatic rings. The molecular weight excluding hydrogens is 821 g/mol. The molecule has 2 aliphatic heterocycles. The molecule has 0 spiro atoms. The van der Waals surface area contributed by atoms with E-state index in [4.69, 9.17) is 14.2 Å². The van der Waals surface area contributed by atoms with Gasteiger partial charge in [0.05, 0.1) is 36.0 Å². The van der Waals surface area contributed by atoms with Crippen LogP contribution in [0.5, 0.6) is 11.5 Å². The Bertz CT molecular complexity index is 2350. The lowest BCUT2D eigenvalue weighted by Gasteiger charge is -2.46. The molecule has 1 amide bonds. The van der Waals surface area contributed by atoms with Crippen LogP contribution in [0, 0.1) is 0 Å². The average Bonchev–Trinajstić information content (AvgIpc) is 3.13. The van der Waals surface area contributed by atoms with Gasteiger partial charge < -0.3 is 29.7 Å². The predicted molar refractivity (Wildman–Crippen MR) is 238 cm³/mol. The van der Waals surface area contributed by atoms with Gasteiger partial charge >= 0.3 is 6.09 Å². The number of rotatable bonds is 12. The lowest BCUT2D eigenvalue weighted by Crippen LogP contribution is -2.55. The zero-order valence-corrected chi connectivity index (χ0v) is 37.9. The molecule has 332 valence electrons. The van der Waals surface area contributed by atoms with E-state index in [1.165, 1.54) is 10.5 Å². The van der Waals surface area contributed by atoms with Crippen LogP contribution in [0.3, 0.4) is 0 Å². The third kappa shape index (κ3) is 13.1. The fourth-order valence-electron chi connectivity index (χ4n) is 7.25. The first-order chi connectivity index (χ1) is 28.3. The number of carbonyl (C=O) groups excluding carboxylic acids is 1. The van der Waals surface area contributed by atoms with Crippen molar-refractivity contribution in [3.63, 3.8) is 0 Å². The summed E-state index contributed by atoms with van der Waals surface area (Å²) in [5.41, 5.74) is 1.85. The minimum Gasteiger partial charge on any atom is -0.485 e. The van der Waals surface area contributed by atoms with Crippen molar-refractivity contribution in [1.29, 1.82) is 0 Å². The summed E-state index contributed by atoms with van der Waals surface area (Å²) in [6, 6.07) is 28.8. The Balaban J connectivity index is 0.000000237. The molecule has 0 radical (unpaired) electrons. The van der Waals surface area contributed by atoms with Gasteiger partial charge in [-0.3, -0.25) is 14.3 Å². The van der Waals surface area contributed by atoms with E-state index in [0.717, 1.165) is 30.1 Å². The average molecular weight is 881 g/mol. The molecule has 0 aromatic heterocycles. The maximum atomic E-state index is 13.4. The number of nitrogens with one attached hydrogen (secondary N) is 3. The number of fused-ring (bicyclic) bond motifs is 2. The maximum Gasteiger partial charge on any atom is 0.410 e. The zero-order valence-electron chi connectivity index (χ0n) is 36.3. The van der Waals surface area contributed by atoms with E-state index in [9.17, 15) is 31.8 Å². The second-order valence-corrected chi connectivity index (χ2v) is 21.1. The highest BCUT2D eigenvalue weighted by Crippen LogP contribution is 2.45. The second-order valence-electron chi connectivity index (χ2n) is 17.6. The van der Waals surface area contributed by atoms with Crippen molar-refractivity contribution in [3.8, 4) is 11.5 Å². The number of benzene rings is 4. The van der Waals surface area contributed by atoms with Crippen LogP contribution in [0.4, 0.5) is 16.2 Å². The van der Waals surface area contributed by atoms with Crippen LogP contribution in [0.15, 0.2) is 97.1 Å². The van der Waals surface area contributed by atoms with Crippen LogP contribution in [0.2, 0.25) is 0 Å². The van der Waals surface area contributed by atoms with Gasteiger partial charge in [-0.1, -0.05) is 72.8 Å². The smallest absolute Gasteiger partial charge is 0.410 e. The molecule has 16 heteroatoms. The fourth-order valence-corrected chi connectivity index (χ4v) is 8.36. The number of amides is 1. The number of aliphatic hydroxyl groups excluding tert-OH is 2. The summed E-state index contributed by atoms with van der Waals surface area (Å²) in [6.07, 6.45) is 1.23. The van der Waals surface area contributed by atoms with Crippen LogP contribution in [0.25, 0.3) is 0 Å². The molecule has 14 nitrogen and oxygen atoms in total. The first-order valence-electron chi connectivity index (χ1n) is 20.1. The Hall–Kier alpha value is -4.87. The molecule has 4 aromatic carbocycles. The summed E-state index contributed by atoms with van der Waals surface area (Å²) in [5, 5.41) is 25.6. The standard InChI is InChI=1S/C25H34N2O6S.C20H26N2O4S/c1-24(2,3)33-23(29)27(15-14-17-10-8-7-9-11-17)21-19-13-12-18(26-34(6,30)31)16-20(19)32-25(4,5)22(21)28;1-20(2)19(23)18(21-12-11-14-7-5-4-6-8-14)16-10-9-15(13-17(16)26-20)22-27(3,24)25/h7-13,16,21-22,26,28H,14-15H2,1-6H3;4-10,13,18-19,21-23H,11-12H2,1-3H3/t21-,22+;18-,19+/m00/s1. The number of aliphatic hydroxyl groups is 2. The van der Waals surface area contributed by atoms with E-state index in [-0.39, 0.29) is 6.04 Å².